The Balaban J connectivity index is 1.82. The first-order valence-electron chi connectivity index (χ1n) is 6.65. The van der Waals surface area contributed by atoms with Gasteiger partial charge in [-0.25, -0.2) is 0 Å². The van der Waals surface area contributed by atoms with Crippen LogP contribution >= 0.6 is 0 Å². The van der Waals surface area contributed by atoms with E-state index in [0.29, 0.717) is 5.92 Å². The van der Waals surface area contributed by atoms with Gasteiger partial charge in [0, 0.05) is 0 Å². The van der Waals surface area contributed by atoms with Crippen molar-refractivity contribution in [1.29, 1.82) is 0 Å². The molecule has 0 aliphatic heterocycles. The van der Waals surface area contributed by atoms with Crippen LogP contribution in [0.1, 0.15) is 32.8 Å². The van der Waals surface area contributed by atoms with Crippen molar-refractivity contribution in [2.24, 2.45) is 11.3 Å². The average molecular weight is 243 g/mol. The third kappa shape index (κ3) is 2.67. The molecule has 18 heavy (non-hydrogen) atoms. The molecule has 1 radical (unpaired) electrons. The molecule has 1 aromatic carbocycles. The van der Waals surface area contributed by atoms with Gasteiger partial charge in [0.2, 0.25) is 0 Å². The fraction of sp³-hybridized carbons (Fsp3) is 0.471. The summed E-state index contributed by atoms with van der Waals surface area (Å²) in [5.74, 6) is 0.632. The molecule has 0 saturated heterocycles. The van der Waals surface area contributed by atoms with Gasteiger partial charge in [-0.05, 0) is 37.2 Å². The molecule has 1 aliphatic carbocycles. The molecule has 1 heteroatoms. The lowest BCUT2D eigenvalue weighted by molar-refractivity contribution is 0.0190. The van der Waals surface area contributed by atoms with Crippen LogP contribution in [0.15, 0.2) is 41.5 Å². The lowest BCUT2D eigenvalue weighted by Gasteiger charge is -2.48. The summed E-state index contributed by atoms with van der Waals surface area (Å²) in [6.45, 7) is 12.3. The fourth-order valence-electron chi connectivity index (χ4n) is 2.76. The summed E-state index contributed by atoms with van der Waals surface area (Å²) < 4.78 is 5.84. The van der Waals surface area contributed by atoms with E-state index < -0.39 is 0 Å². The Morgan fingerprint density at radius 1 is 1.33 bits per heavy atom. The highest BCUT2D eigenvalue weighted by atomic mass is 16.5. The van der Waals surface area contributed by atoms with Gasteiger partial charge in [-0.2, -0.15) is 0 Å². The van der Waals surface area contributed by atoms with Crippen LogP contribution in [-0.4, -0.2) is 6.61 Å². The van der Waals surface area contributed by atoms with E-state index in [4.69, 9.17) is 4.74 Å². The van der Waals surface area contributed by atoms with Gasteiger partial charge in [0.05, 0.1) is 13.2 Å². The number of hydrogen-bond donors (Lipinski definition) is 0. The van der Waals surface area contributed by atoms with Crippen molar-refractivity contribution in [2.75, 3.05) is 6.61 Å². The van der Waals surface area contributed by atoms with E-state index in [1.54, 1.807) is 0 Å². The van der Waals surface area contributed by atoms with Crippen LogP contribution in [0.3, 0.4) is 0 Å². The van der Waals surface area contributed by atoms with Crippen LogP contribution in [0, 0.1) is 18.3 Å². The molecular weight excluding hydrogens is 220 g/mol. The molecule has 0 amide bonds. The van der Waals surface area contributed by atoms with E-state index in [1.807, 2.05) is 6.07 Å². The molecule has 1 saturated carbocycles. The molecule has 0 heterocycles. The molecule has 1 nitrogen and oxygen atoms in total. The highest BCUT2D eigenvalue weighted by Gasteiger charge is 2.43. The standard InChI is InChI=1S/C17H23O/c1-13(2)16-10-15(17(16,3)4)12-18-11-14-8-6-5-7-9-14/h5-9,15H,1,10-12H2,2-4H3. The number of rotatable bonds is 4. The maximum absolute atomic E-state index is 5.84. The van der Waals surface area contributed by atoms with E-state index in [-0.39, 0.29) is 5.41 Å². The van der Waals surface area contributed by atoms with Crippen molar-refractivity contribution in [1.82, 2.24) is 0 Å². The third-order valence-corrected chi connectivity index (χ3v) is 4.19. The van der Waals surface area contributed by atoms with Crippen molar-refractivity contribution in [3.05, 3.63) is 54.0 Å². The predicted octanol–water partition coefficient (Wildman–Crippen LogP) is 4.40. The van der Waals surface area contributed by atoms with Gasteiger partial charge in [0.1, 0.15) is 0 Å². The van der Waals surface area contributed by atoms with Gasteiger partial charge in [0.25, 0.3) is 0 Å². The highest BCUT2D eigenvalue weighted by molar-refractivity contribution is 5.30. The van der Waals surface area contributed by atoms with Gasteiger partial charge in [-0.15, -0.1) is 0 Å². The van der Waals surface area contributed by atoms with E-state index in [9.17, 15) is 0 Å². The molecule has 2 rings (SSSR count). The van der Waals surface area contributed by atoms with Gasteiger partial charge in [-0.1, -0.05) is 55.3 Å². The van der Waals surface area contributed by atoms with Gasteiger partial charge in [-0.3, -0.25) is 0 Å². The first kappa shape index (κ1) is 13.4. The van der Waals surface area contributed by atoms with Gasteiger partial charge in [0.15, 0.2) is 0 Å². The van der Waals surface area contributed by atoms with E-state index in [0.717, 1.165) is 19.6 Å². The number of ether oxygens (including phenoxy) is 1. The SMILES string of the molecule is [CH2]C(C)=C1CC(COCc2ccccc2)C1(C)C. The monoisotopic (exact) mass is 243 g/mol. The largest absolute Gasteiger partial charge is 0.376 e. The van der Waals surface area contributed by atoms with Crippen LogP contribution in [0.5, 0.6) is 0 Å². The summed E-state index contributed by atoms with van der Waals surface area (Å²) in [5.41, 5.74) is 4.26. The summed E-state index contributed by atoms with van der Waals surface area (Å²) in [4.78, 5) is 0. The zero-order valence-corrected chi connectivity index (χ0v) is 11.7. The summed E-state index contributed by atoms with van der Waals surface area (Å²) in [6.07, 6.45) is 1.15. The maximum Gasteiger partial charge on any atom is 0.0717 e. The minimum absolute atomic E-state index is 0.266. The van der Waals surface area contributed by atoms with Crippen LogP contribution in [-0.2, 0) is 11.3 Å². The molecule has 97 valence electrons. The molecule has 0 aromatic heterocycles. The molecule has 0 bridgehead atoms. The second kappa shape index (κ2) is 5.27. The summed E-state index contributed by atoms with van der Waals surface area (Å²) in [5, 5.41) is 0. The molecule has 0 N–H and O–H groups in total. The Hall–Kier alpha value is -1.08. The Labute approximate surface area is 111 Å². The molecule has 1 aromatic rings. The third-order valence-electron chi connectivity index (χ3n) is 4.19. The van der Waals surface area contributed by atoms with E-state index in [2.05, 4.69) is 52.0 Å². The summed E-state index contributed by atoms with van der Waals surface area (Å²) in [6, 6.07) is 10.4. The molecular formula is C17H23O. The van der Waals surface area contributed by atoms with Crippen molar-refractivity contribution in [2.45, 2.75) is 33.8 Å². The first-order valence-corrected chi connectivity index (χ1v) is 6.65. The van der Waals surface area contributed by atoms with Crippen LogP contribution < -0.4 is 0 Å². The quantitative estimate of drug-likeness (QED) is 0.761. The fourth-order valence-corrected chi connectivity index (χ4v) is 2.76. The summed E-state index contributed by atoms with van der Waals surface area (Å²) in [7, 11) is 0. The number of benzene rings is 1. The zero-order chi connectivity index (χ0) is 13.2. The second-order valence-electron chi connectivity index (χ2n) is 5.88. The van der Waals surface area contributed by atoms with Crippen molar-refractivity contribution in [3.8, 4) is 0 Å². The first-order chi connectivity index (χ1) is 8.51. The summed E-state index contributed by atoms with van der Waals surface area (Å²) >= 11 is 0. The Morgan fingerprint density at radius 2 is 2.00 bits per heavy atom. The molecule has 0 spiro atoms. The molecule has 1 unspecified atom stereocenters. The normalized spacial score (nSPS) is 24.6. The topological polar surface area (TPSA) is 9.23 Å². The minimum Gasteiger partial charge on any atom is -0.376 e. The molecule has 1 aliphatic rings. The maximum atomic E-state index is 5.84. The second-order valence-corrected chi connectivity index (χ2v) is 5.88. The Bertz CT molecular complexity index is 424. The van der Waals surface area contributed by atoms with Gasteiger partial charge < -0.3 is 4.74 Å². The van der Waals surface area contributed by atoms with Crippen LogP contribution in [0.4, 0.5) is 0 Å². The van der Waals surface area contributed by atoms with Crippen LogP contribution in [0.25, 0.3) is 0 Å². The highest BCUT2D eigenvalue weighted by Crippen LogP contribution is 2.52. The Kier molecular flexibility index (Phi) is 3.91. The van der Waals surface area contributed by atoms with Crippen molar-refractivity contribution < 1.29 is 4.74 Å². The van der Waals surface area contributed by atoms with Crippen LogP contribution in [0.2, 0.25) is 0 Å². The Morgan fingerprint density at radius 3 is 2.56 bits per heavy atom. The number of hydrogen-bond acceptors (Lipinski definition) is 1. The van der Waals surface area contributed by atoms with Crippen molar-refractivity contribution in [3.63, 3.8) is 0 Å². The number of allylic oxidation sites excluding steroid dienone is 2. The average Bonchev–Trinajstić information content (AvgIpc) is 2.33. The predicted molar refractivity (Wildman–Crippen MR) is 76.0 cm³/mol. The molecule has 1 atom stereocenters. The van der Waals surface area contributed by atoms with E-state index in [1.165, 1.54) is 16.7 Å². The minimum atomic E-state index is 0.266. The van der Waals surface area contributed by atoms with Crippen molar-refractivity contribution >= 4 is 0 Å². The van der Waals surface area contributed by atoms with E-state index >= 15 is 0 Å². The lowest BCUT2D eigenvalue weighted by Crippen LogP contribution is -2.41. The smallest absolute Gasteiger partial charge is 0.0717 e. The lowest BCUT2D eigenvalue weighted by atomic mass is 9.58. The molecule has 1 fully saturated rings. The zero-order valence-electron chi connectivity index (χ0n) is 11.7. The van der Waals surface area contributed by atoms with Gasteiger partial charge >= 0.3 is 0 Å².